The molecule has 0 bridgehead atoms. The van der Waals surface area contributed by atoms with Gasteiger partial charge in [-0.1, -0.05) is 6.08 Å². The standard InChI is InChI=1S/C8H9N3O/c12-8-10-5-7(11-8)6-1-3-9-4-2-6/h1,5,9H,2-4H2. The molecule has 0 unspecified atom stereocenters. The summed E-state index contributed by atoms with van der Waals surface area (Å²) >= 11 is 0. The highest BCUT2D eigenvalue weighted by molar-refractivity contribution is 6.43. The van der Waals surface area contributed by atoms with Crippen LogP contribution in [0.5, 0.6) is 0 Å². The molecular weight excluding hydrogens is 154 g/mol. The maximum Gasteiger partial charge on any atom is 0.367 e. The molecule has 4 heteroatoms. The van der Waals surface area contributed by atoms with Crippen LogP contribution < -0.4 is 5.32 Å². The quantitative estimate of drug-likeness (QED) is 0.613. The van der Waals surface area contributed by atoms with Gasteiger partial charge in [-0.25, -0.2) is 4.79 Å². The monoisotopic (exact) mass is 163 g/mol. The third-order valence-corrected chi connectivity index (χ3v) is 1.91. The van der Waals surface area contributed by atoms with E-state index in [-0.39, 0.29) is 6.03 Å². The third-order valence-electron chi connectivity index (χ3n) is 1.91. The van der Waals surface area contributed by atoms with Crippen molar-refractivity contribution in [2.24, 2.45) is 9.98 Å². The van der Waals surface area contributed by atoms with Crippen molar-refractivity contribution in [1.29, 1.82) is 0 Å². The van der Waals surface area contributed by atoms with Crippen molar-refractivity contribution >= 4 is 18.0 Å². The second-order valence-corrected chi connectivity index (χ2v) is 2.72. The normalized spacial score (nSPS) is 22.5. The van der Waals surface area contributed by atoms with E-state index in [1.807, 2.05) is 6.08 Å². The van der Waals surface area contributed by atoms with Crippen molar-refractivity contribution < 1.29 is 4.79 Å². The Hall–Kier alpha value is -1.29. The van der Waals surface area contributed by atoms with Gasteiger partial charge in [0.25, 0.3) is 0 Å². The van der Waals surface area contributed by atoms with E-state index in [1.54, 1.807) is 6.21 Å². The third kappa shape index (κ3) is 1.33. The molecule has 0 aromatic rings. The number of carbonyl (C=O) groups excluding carboxylic acids is 1. The van der Waals surface area contributed by atoms with Gasteiger partial charge in [0, 0.05) is 6.54 Å². The lowest BCUT2D eigenvalue weighted by molar-refractivity contribution is 0.257. The van der Waals surface area contributed by atoms with Gasteiger partial charge in [-0.2, -0.15) is 9.98 Å². The molecule has 2 rings (SSSR count). The summed E-state index contributed by atoms with van der Waals surface area (Å²) in [7, 11) is 0. The van der Waals surface area contributed by atoms with Gasteiger partial charge in [0.1, 0.15) is 0 Å². The molecule has 0 saturated heterocycles. The summed E-state index contributed by atoms with van der Waals surface area (Å²) in [5.41, 5.74) is 1.87. The lowest BCUT2D eigenvalue weighted by atomic mass is 10.1. The fourth-order valence-corrected chi connectivity index (χ4v) is 1.29. The van der Waals surface area contributed by atoms with E-state index in [2.05, 4.69) is 15.3 Å². The van der Waals surface area contributed by atoms with E-state index in [9.17, 15) is 4.79 Å². The van der Waals surface area contributed by atoms with E-state index in [1.165, 1.54) is 0 Å². The number of rotatable bonds is 1. The first kappa shape index (κ1) is 7.36. The molecule has 2 aliphatic rings. The molecule has 0 aliphatic carbocycles. The number of urea groups is 1. The van der Waals surface area contributed by atoms with Crippen LogP contribution in [0, 0.1) is 0 Å². The summed E-state index contributed by atoms with van der Waals surface area (Å²) in [6.07, 6.45) is 4.52. The average molecular weight is 163 g/mol. The number of carbonyl (C=O) groups is 1. The largest absolute Gasteiger partial charge is 0.367 e. The molecule has 1 N–H and O–H groups in total. The number of hydrogen-bond acceptors (Lipinski definition) is 2. The number of aliphatic imine (C=N–C) groups is 2. The molecule has 0 spiro atoms. The predicted molar refractivity (Wildman–Crippen MR) is 46.9 cm³/mol. The summed E-state index contributed by atoms with van der Waals surface area (Å²) in [4.78, 5) is 18.0. The molecule has 2 heterocycles. The van der Waals surface area contributed by atoms with Gasteiger partial charge in [-0.3, -0.25) is 0 Å². The molecule has 0 fully saturated rings. The lowest BCUT2D eigenvalue weighted by Gasteiger charge is -2.11. The van der Waals surface area contributed by atoms with Gasteiger partial charge in [0.2, 0.25) is 0 Å². The van der Waals surface area contributed by atoms with Crippen molar-refractivity contribution in [3.05, 3.63) is 11.6 Å². The van der Waals surface area contributed by atoms with Crippen molar-refractivity contribution in [2.75, 3.05) is 13.1 Å². The average Bonchev–Trinajstić information content (AvgIpc) is 2.54. The van der Waals surface area contributed by atoms with Crippen LogP contribution in [0.3, 0.4) is 0 Å². The van der Waals surface area contributed by atoms with Gasteiger partial charge >= 0.3 is 6.03 Å². The first-order chi connectivity index (χ1) is 5.86. The minimum atomic E-state index is -0.385. The van der Waals surface area contributed by atoms with Crippen LogP contribution in [-0.4, -0.2) is 31.0 Å². The zero-order chi connectivity index (χ0) is 8.39. The fraction of sp³-hybridized carbons (Fsp3) is 0.375. The maximum atomic E-state index is 10.7. The van der Waals surface area contributed by atoms with Crippen molar-refractivity contribution in [2.45, 2.75) is 6.42 Å². The van der Waals surface area contributed by atoms with E-state index in [0.29, 0.717) is 0 Å². The van der Waals surface area contributed by atoms with E-state index >= 15 is 0 Å². The summed E-state index contributed by atoms with van der Waals surface area (Å²) < 4.78 is 0. The molecule has 0 atom stereocenters. The maximum absolute atomic E-state index is 10.7. The Balaban J connectivity index is 2.19. The Labute approximate surface area is 70.1 Å². The number of amides is 2. The molecule has 0 aromatic heterocycles. The van der Waals surface area contributed by atoms with Gasteiger partial charge < -0.3 is 5.32 Å². The van der Waals surface area contributed by atoms with Gasteiger partial charge in [0.05, 0.1) is 11.9 Å². The second kappa shape index (κ2) is 2.98. The molecule has 0 saturated carbocycles. The summed E-state index contributed by atoms with van der Waals surface area (Å²) in [5.74, 6) is 0. The molecule has 62 valence electrons. The Morgan fingerprint density at radius 3 is 3.00 bits per heavy atom. The van der Waals surface area contributed by atoms with Crippen LogP contribution >= 0.6 is 0 Å². The van der Waals surface area contributed by atoms with Gasteiger partial charge in [-0.05, 0) is 18.5 Å². The Morgan fingerprint density at radius 1 is 1.50 bits per heavy atom. The van der Waals surface area contributed by atoms with Crippen LogP contribution in [0.4, 0.5) is 4.79 Å². The van der Waals surface area contributed by atoms with E-state index in [4.69, 9.17) is 0 Å². The minimum absolute atomic E-state index is 0.385. The van der Waals surface area contributed by atoms with Crippen LogP contribution in [0.15, 0.2) is 21.6 Å². The Kier molecular flexibility index (Phi) is 1.83. The first-order valence-electron chi connectivity index (χ1n) is 3.93. The van der Waals surface area contributed by atoms with E-state index < -0.39 is 0 Å². The van der Waals surface area contributed by atoms with Crippen LogP contribution in [0.1, 0.15) is 6.42 Å². The predicted octanol–water partition coefficient (Wildman–Crippen LogP) is 0.552. The molecule has 4 nitrogen and oxygen atoms in total. The minimum Gasteiger partial charge on any atom is -0.313 e. The van der Waals surface area contributed by atoms with Gasteiger partial charge in [-0.15, -0.1) is 0 Å². The van der Waals surface area contributed by atoms with Crippen molar-refractivity contribution in [3.63, 3.8) is 0 Å². The van der Waals surface area contributed by atoms with Gasteiger partial charge in [0.15, 0.2) is 0 Å². The van der Waals surface area contributed by atoms with Crippen LogP contribution in [-0.2, 0) is 0 Å². The Bertz CT molecular complexity index is 301. The summed E-state index contributed by atoms with van der Waals surface area (Å²) in [5, 5.41) is 3.19. The molecule has 2 aliphatic heterocycles. The highest BCUT2D eigenvalue weighted by Gasteiger charge is 2.13. The van der Waals surface area contributed by atoms with Crippen molar-refractivity contribution in [3.8, 4) is 0 Å². The summed E-state index contributed by atoms with van der Waals surface area (Å²) in [6, 6.07) is -0.385. The molecule has 2 amide bonds. The molecule has 0 radical (unpaired) electrons. The number of hydrogen-bond donors (Lipinski definition) is 1. The smallest absolute Gasteiger partial charge is 0.313 e. The second-order valence-electron chi connectivity index (χ2n) is 2.72. The van der Waals surface area contributed by atoms with E-state index in [0.717, 1.165) is 30.8 Å². The van der Waals surface area contributed by atoms with Crippen molar-refractivity contribution in [1.82, 2.24) is 5.32 Å². The van der Waals surface area contributed by atoms with Crippen LogP contribution in [0.25, 0.3) is 0 Å². The Morgan fingerprint density at radius 2 is 2.42 bits per heavy atom. The zero-order valence-electron chi connectivity index (χ0n) is 6.58. The first-order valence-corrected chi connectivity index (χ1v) is 3.93. The summed E-state index contributed by atoms with van der Waals surface area (Å²) in [6.45, 7) is 1.81. The topological polar surface area (TPSA) is 53.8 Å². The number of nitrogens with zero attached hydrogens (tertiary/aromatic N) is 2. The molecular formula is C8H9N3O. The zero-order valence-corrected chi connectivity index (χ0v) is 6.58. The fourth-order valence-electron chi connectivity index (χ4n) is 1.29. The lowest BCUT2D eigenvalue weighted by Crippen LogP contribution is -2.23. The highest BCUT2D eigenvalue weighted by atomic mass is 16.2. The highest BCUT2D eigenvalue weighted by Crippen LogP contribution is 2.09. The number of nitrogens with one attached hydrogen (secondary N) is 1. The SMILES string of the molecule is O=C1N=CC(C2=CCNCC2)=N1. The molecule has 12 heavy (non-hydrogen) atoms. The molecule has 0 aromatic carbocycles. The van der Waals surface area contributed by atoms with Crippen LogP contribution in [0.2, 0.25) is 0 Å².